The van der Waals surface area contributed by atoms with E-state index < -0.39 is 0 Å². The van der Waals surface area contributed by atoms with Crippen LogP contribution < -0.4 is 16.0 Å². The van der Waals surface area contributed by atoms with Crippen molar-refractivity contribution < 1.29 is 0 Å². The summed E-state index contributed by atoms with van der Waals surface area (Å²) in [6.07, 6.45) is 8.01. The van der Waals surface area contributed by atoms with Gasteiger partial charge in [0.2, 0.25) is 0 Å². The molecule has 0 radical (unpaired) electrons. The molecule has 1 aliphatic heterocycles. The molecule has 34 heavy (non-hydrogen) atoms. The van der Waals surface area contributed by atoms with Crippen molar-refractivity contribution in [2.75, 3.05) is 22.5 Å². The van der Waals surface area contributed by atoms with Gasteiger partial charge in [0, 0.05) is 36.6 Å². The Morgan fingerprint density at radius 2 is 1.88 bits per heavy atom. The molecular formula is C29H33N5. The molecule has 174 valence electrons. The Morgan fingerprint density at radius 1 is 1.06 bits per heavy atom. The molecule has 0 aliphatic carbocycles. The highest BCUT2D eigenvalue weighted by Crippen LogP contribution is 2.30. The number of aromatic nitrogens is 1. The largest absolute Gasteiger partial charge is 0.396 e. The molecule has 0 unspecified atom stereocenters. The van der Waals surface area contributed by atoms with E-state index in [1.165, 1.54) is 11.1 Å². The number of nitrogen functional groups attached to an aromatic ring is 1. The van der Waals surface area contributed by atoms with Crippen molar-refractivity contribution in [1.82, 2.24) is 4.98 Å². The summed E-state index contributed by atoms with van der Waals surface area (Å²) in [6.45, 7) is 9.45. The molecule has 0 saturated heterocycles. The minimum absolute atomic E-state index is 0.637. The fourth-order valence-electron chi connectivity index (χ4n) is 4.10. The Morgan fingerprint density at radius 3 is 2.65 bits per heavy atom. The predicted molar refractivity (Wildman–Crippen MR) is 146 cm³/mol. The van der Waals surface area contributed by atoms with Gasteiger partial charge in [0.1, 0.15) is 5.82 Å². The van der Waals surface area contributed by atoms with Gasteiger partial charge in [-0.1, -0.05) is 62.2 Å². The number of nitrogens with two attached hydrogens (primary N) is 1. The SMILES string of the molecule is C=C(Nc1cccc(C2=CN=CC2)c1)N(CCCCC)c1nc(-c2cccc(C)c2)ccc1N. The number of pyridine rings is 1. The summed E-state index contributed by atoms with van der Waals surface area (Å²) in [5.41, 5.74) is 13.6. The zero-order chi connectivity index (χ0) is 23.9. The summed E-state index contributed by atoms with van der Waals surface area (Å²) in [6, 6.07) is 20.6. The molecule has 2 heterocycles. The van der Waals surface area contributed by atoms with Gasteiger partial charge < -0.3 is 16.0 Å². The number of aliphatic imine (C=N–C) groups is 1. The van der Waals surface area contributed by atoms with E-state index in [4.69, 9.17) is 10.7 Å². The highest BCUT2D eigenvalue weighted by atomic mass is 15.3. The second-order valence-electron chi connectivity index (χ2n) is 8.68. The summed E-state index contributed by atoms with van der Waals surface area (Å²) in [5.74, 6) is 1.49. The van der Waals surface area contributed by atoms with Crippen LogP contribution in [0, 0.1) is 6.92 Å². The summed E-state index contributed by atoms with van der Waals surface area (Å²) in [7, 11) is 0. The zero-order valence-corrected chi connectivity index (χ0v) is 20.1. The number of hydrogen-bond acceptors (Lipinski definition) is 5. The van der Waals surface area contributed by atoms with Crippen LogP contribution in [0.15, 0.2) is 84.3 Å². The van der Waals surface area contributed by atoms with Crippen molar-refractivity contribution in [2.24, 2.45) is 4.99 Å². The molecule has 0 bridgehead atoms. The number of benzene rings is 2. The molecule has 0 fully saturated rings. The molecule has 3 N–H and O–H groups in total. The molecule has 0 spiro atoms. The van der Waals surface area contributed by atoms with E-state index in [1.807, 2.05) is 24.5 Å². The molecule has 0 atom stereocenters. The van der Waals surface area contributed by atoms with Gasteiger partial charge in [-0.05, 0) is 54.8 Å². The quantitative estimate of drug-likeness (QED) is 0.325. The van der Waals surface area contributed by atoms with E-state index >= 15 is 0 Å². The van der Waals surface area contributed by atoms with Gasteiger partial charge in [-0.2, -0.15) is 0 Å². The van der Waals surface area contributed by atoms with Gasteiger partial charge in [0.25, 0.3) is 0 Å². The van der Waals surface area contributed by atoms with Crippen LogP contribution in [-0.2, 0) is 0 Å². The second kappa shape index (κ2) is 10.8. The maximum absolute atomic E-state index is 6.45. The maximum atomic E-state index is 6.45. The van der Waals surface area contributed by atoms with E-state index in [9.17, 15) is 0 Å². The summed E-state index contributed by atoms with van der Waals surface area (Å²) in [5, 5.41) is 3.49. The van der Waals surface area contributed by atoms with Gasteiger partial charge in [-0.25, -0.2) is 4.98 Å². The first kappa shape index (κ1) is 23.3. The van der Waals surface area contributed by atoms with Crippen molar-refractivity contribution in [3.63, 3.8) is 0 Å². The Labute approximate surface area is 202 Å². The van der Waals surface area contributed by atoms with Gasteiger partial charge in [-0.15, -0.1) is 0 Å². The predicted octanol–water partition coefficient (Wildman–Crippen LogP) is 7.03. The number of rotatable bonds is 10. The van der Waals surface area contributed by atoms with Crippen LogP contribution in [0.4, 0.5) is 17.2 Å². The minimum atomic E-state index is 0.637. The van der Waals surface area contributed by atoms with Crippen molar-refractivity contribution in [2.45, 2.75) is 39.5 Å². The number of anilines is 3. The van der Waals surface area contributed by atoms with Crippen LogP contribution >= 0.6 is 0 Å². The second-order valence-corrected chi connectivity index (χ2v) is 8.68. The molecule has 0 saturated carbocycles. The average Bonchev–Trinajstić information content (AvgIpc) is 3.38. The highest BCUT2D eigenvalue weighted by molar-refractivity contribution is 5.85. The first-order valence-corrected chi connectivity index (χ1v) is 11.9. The number of hydrogen-bond donors (Lipinski definition) is 2. The van der Waals surface area contributed by atoms with Crippen LogP contribution in [0.3, 0.4) is 0 Å². The van der Waals surface area contributed by atoms with E-state index in [0.717, 1.165) is 66.4 Å². The van der Waals surface area contributed by atoms with Crippen LogP contribution in [-0.4, -0.2) is 17.7 Å². The average molecular weight is 452 g/mol. The lowest BCUT2D eigenvalue weighted by molar-refractivity contribution is 0.703. The normalized spacial score (nSPS) is 12.5. The van der Waals surface area contributed by atoms with E-state index in [0.29, 0.717) is 5.69 Å². The van der Waals surface area contributed by atoms with Crippen LogP contribution in [0.5, 0.6) is 0 Å². The van der Waals surface area contributed by atoms with Crippen LogP contribution in [0.25, 0.3) is 16.8 Å². The third kappa shape index (κ3) is 5.54. The number of unbranched alkanes of at least 4 members (excludes halogenated alkanes) is 2. The molecule has 5 heteroatoms. The smallest absolute Gasteiger partial charge is 0.158 e. The maximum Gasteiger partial charge on any atom is 0.158 e. The minimum Gasteiger partial charge on any atom is -0.396 e. The molecule has 2 aromatic carbocycles. The third-order valence-corrected chi connectivity index (χ3v) is 5.95. The van der Waals surface area contributed by atoms with Crippen molar-refractivity contribution in [3.8, 4) is 11.3 Å². The molecule has 3 aromatic rings. The molecule has 4 rings (SSSR count). The first-order chi connectivity index (χ1) is 16.5. The van der Waals surface area contributed by atoms with E-state index in [2.05, 4.69) is 84.2 Å². The fourth-order valence-corrected chi connectivity index (χ4v) is 4.10. The van der Waals surface area contributed by atoms with Gasteiger partial charge >= 0.3 is 0 Å². The topological polar surface area (TPSA) is 66.5 Å². The Bertz CT molecular complexity index is 1220. The lowest BCUT2D eigenvalue weighted by Crippen LogP contribution is -2.29. The van der Waals surface area contributed by atoms with Crippen molar-refractivity contribution in [3.05, 3.63) is 90.4 Å². The van der Waals surface area contributed by atoms with E-state index in [1.54, 1.807) is 0 Å². The zero-order valence-electron chi connectivity index (χ0n) is 20.1. The standard InChI is InChI=1S/C29H33N5/c1-4-5-6-17-34(22(3)32-26-12-8-10-23(19-26)25-15-16-31-20-25)29-27(30)13-14-28(33-29)24-11-7-9-21(2)18-24/h7-14,16,18-20,32H,3-6,15,17,30H2,1-2H3. The Balaban J connectivity index is 1.62. The monoisotopic (exact) mass is 451 g/mol. The number of aryl methyl sites for hydroxylation is 1. The lowest BCUT2D eigenvalue weighted by Gasteiger charge is -2.28. The van der Waals surface area contributed by atoms with Crippen molar-refractivity contribution >= 4 is 29.0 Å². The van der Waals surface area contributed by atoms with Gasteiger partial charge in [0.15, 0.2) is 5.82 Å². The van der Waals surface area contributed by atoms with Crippen LogP contribution in [0.1, 0.15) is 43.7 Å². The number of nitrogens with zero attached hydrogens (tertiary/aromatic N) is 3. The van der Waals surface area contributed by atoms with Crippen LogP contribution in [0.2, 0.25) is 0 Å². The molecule has 1 aliphatic rings. The summed E-state index contributed by atoms with van der Waals surface area (Å²) in [4.78, 5) is 11.3. The van der Waals surface area contributed by atoms with E-state index in [-0.39, 0.29) is 0 Å². The van der Waals surface area contributed by atoms with Gasteiger partial charge in [-0.3, -0.25) is 4.99 Å². The number of allylic oxidation sites excluding steroid dienone is 1. The lowest BCUT2D eigenvalue weighted by atomic mass is 10.0. The fraction of sp³-hybridized carbons (Fsp3) is 0.241. The third-order valence-electron chi connectivity index (χ3n) is 5.95. The summed E-state index contributed by atoms with van der Waals surface area (Å²) >= 11 is 0. The molecule has 0 amide bonds. The highest BCUT2D eigenvalue weighted by Gasteiger charge is 2.17. The Hall–Kier alpha value is -3.86. The molecule has 5 nitrogen and oxygen atoms in total. The van der Waals surface area contributed by atoms with Crippen molar-refractivity contribution in [1.29, 1.82) is 0 Å². The number of nitrogens with one attached hydrogen (secondary N) is 1. The Kier molecular flexibility index (Phi) is 7.43. The molecular weight excluding hydrogens is 418 g/mol. The summed E-state index contributed by atoms with van der Waals surface area (Å²) < 4.78 is 0. The van der Waals surface area contributed by atoms with Gasteiger partial charge in [0.05, 0.1) is 11.4 Å². The molecule has 1 aromatic heterocycles. The first-order valence-electron chi connectivity index (χ1n) is 11.9.